The first-order valence-corrected chi connectivity index (χ1v) is 15.1. The number of hydrogen-bond acceptors (Lipinski definition) is 6. The fraction of sp³-hybridized carbons (Fsp3) is 0.355. The fourth-order valence-corrected chi connectivity index (χ4v) is 4.88. The van der Waals surface area contributed by atoms with Crippen LogP contribution in [0.1, 0.15) is 54.9 Å². The SMILES string of the molecule is Cn1cc(NC(=O)c2cc(NC(=O)c3cc(NC(=O)c4nccn4C)cn3C)cn2C)cc1C(=O)NCCC(=O)NCCC[NH+](C)C. The van der Waals surface area contributed by atoms with Crippen LogP contribution >= 0.6 is 0 Å². The molecule has 4 aromatic rings. The molecule has 47 heavy (non-hydrogen) atoms. The van der Waals surface area contributed by atoms with Crippen LogP contribution in [-0.4, -0.2) is 86.5 Å². The van der Waals surface area contributed by atoms with Gasteiger partial charge in [-0.3, -0.25) is 24.0 Å². The van der Waals surface area contributed by atoms with Crippen LogP contribution in [0.5, 0.6) is 0 Å². The number of carbonyl (C=O) groups excluding carboxylic acids is 5. The summed E-state index contributed by atoms with van der Waals surface area (Å²) in [6.45, 7) is 1.73. The second-order valence-corrected chi connectivity index (χ2v) is 11.6. The number of aryl methyl sites for hydroxylation is 4. The molecule has 0 fully saturated rings. The summed E-state index contributed by atoms with van der Waals surface area (Å²) >= 11 is 0. The molecule has 0 unspecified atom stereocenters. The number of nitrogens with one attached hydrogen (secondary N) is 6. The van der Waals surface area contributed by atoms with E-state index in [1.807, 2.05) is 0 Å². The predicted molar refractivity (Wildman–Crippen MR) is 176 cm³/mol. The van der Waals surface area contributed by atoms with Gasteiger partial charge in [0.05, 0.1) is 37.7 Å². The van der Waals surface area contributed by atoms with Crippen molar-refractivity contribution in [3.05, 3.63) is 72.1 Å². The molecule has 250 valence electrons. The quantitative estimate of drug-likeness (QED) is 0.104. The molecule has 0 saturated heterocycles. The van der Waals surface area contributed by atoms with Gasteiger partial charge in [0, 0.05) is 85.1 Å². The van der Waals surface area contributed by atoms with Crippen molar-refractivity contribution in [3.63, 3.8) is 0 Å². The summed E-state index contributed by atoms with van der Waals surface area (Å²) in [5, 5.41) is 13.9. The third-order valence-electron chi connectivity index (χ3n) is 7.32. The standard InChI is InChI=1S/C31H41N11O5/c1-38(2)12-7-9-32-26(43)8-10-34-28(44)23-14-20(17-40(23)4)35-29(45)24-15-21(18-41(24)5)36-30(46)25-16-22(19-42(25)6)37-31(47)27-33-11-13-39(27)3/h11,13-19H,7-10,12H2,1-6H3,(H,32,43)(H,34,44)(H,35,45)(H,36,46)(H,37,47)/p+1. The lowest BCUT2D eigenvalue weighted by Gasteiger charge is -2.09. The molecule has 4 heterocycles. The van der Waals surface area contributed by atoms with E-state index in [0.29, 0.717) is 29.3 Å². The highest BCUT2D eigenvalue weighted by Gasteiger charge is 2.20. The maximum atomic E-state index is 13.1. The van der Waals surface area contributed by atoms with Crippen LogP contribution in [0, 0.1) is 0 Å². The average molecular weight is 649 g/mol. The first-order chi connectivity index (χ1) is 22.3. The molecule has 16 nitrogen and oxygen atoms in total. The zero-order valence-electron chi connectivity index (χ0n) is 27.4. The monoisotopic (exact) mass is 648 g/mol. The van der Waals surface area contributed by atoms with E-state index in [9.17, 15) is 24.0 Å². The fourth-order valence-electron chi connectivity index (χ4n) is 4.88. The lowest BCUT2D eigenvalue weighted by atomic mass is 10.3. The molecule has 0 aliphatic rings. The first-order valence-electron chi connectivity index (χ1n) is 15.1. The Morgan fingerprint density at radius 1 is 0.660 bits per heavy atom. The van der Waals surface area contributed by atoms with Gasteiger partial charge in [0.25, 0.3) is 23.6 Å². The van der Waals surface area contributed by atoms with Gasteiger partial charge < -0.3 is 49.8 Å². The van der Waals surface area contributed by atoms with Crippen molar-refractivity contribution in [1.29, 1.82) is 0 Å². The van der Waals surface area contributed by atoms with E-state index >= 15 is 0 Å². The highest BCUT2D eigenvalue weighted by atomic mass is 16.2. The number of nitrogens with zero attached hydrogens (tertiary/aromatic N) is 5. The van der Waals surface area contributed by atoms with E-state index in [4.69, 9.17) is 0 Å². The number of aromatic nitrogens is 5. The van der Waals surface area contributed by atoms with Crippen molar-refractivity contribution in [3.8, 4) is 0 Å². The molecule has 0 bridgehead atoms. The predicted octanol–water partition coefficient (Wildman–Crippen LogP) is -0.0368. The van der Waals surface area contributed by atoms with Gasteiger partial charge in [-0.25, -0.2) is 4.98 Å². The van der Waals surface area contributed by atoms with Crippen LogP contribution in [0.15, 0.2) is 49.2 Å². The molecule has 0 spiro atoms. The highest BCUT2D eigenvalue weighted by molar-refractivity contribution is 6.08. The Bertz CT molecular complexity index is 1770. The van der Waals surface area contributed by atoms with E-state index in [2.05, 4.69) is 45.7 Å². The number of rotatable bonds is 14. The molecule has 4 aromatic heterocycles. The van der Waals surface area contributed by atoms with E-state index < -0.39 is 17.7 Å². The van der Waals surface area contributed by atoms with Crippen LogP contribution in [0.3, 0.4) is 0 Å². The van der Waals surface area contributed by atoms with Crippen LogP contribution in [0.2, 0.25) is 0 Å². The van der Waals surface area contributed by atoms with Crippen LogP contribution in [-0.2, 0) is 33.0 Å². The Morgan fingerprint density at radius 2 is 1.15 bits per heavy atom. The molecular formula is C31H42N11O5+. The van der Waals surface area contributed by atoms with Gasteiger partial charge in [-0.05, 0) is 18.2 Å². The topological polar surface area (TPSA) is 183 Å². The first kappa shape index (κ1) is 34.2. The van der Waals surface area contributed by atoms with Gasteiger partial charge in [-0.2, -0.15) is 0 Å². The molecule has 0 atom stereocenters. The molecule has 0 aliphatic carbocycles. The molecule has 0 radical (unpaired) electrons. The maximum Gasteiger partial charge on any atom is 0.291 e. The number of quaternary nitrogens is 1. The molecule has 6 N–H and O–H groups in total. The Kier molecular flexibility index (Phi) is 11.0. The van der Waals surface area contributed by atoms with E-state index in [1.165, 1.54) is 17.2 Å². The van der Waals surface area contributed by atoms with Gasteiger partial charge in [0.2, 0.25) is 5.91 Å². The minimum atomic E-state index is -0.448. The minimum absolute atomic E-state index is 0.129. The summed E-state index contributed by atoms with van der Waals surface area (Å²) < 4.78 is 6.31. The molecule has 0 aromatic carbocycles. The van der Waals surface area contributed by atoms with Crippen molar-refractivity contribution in [2.24, 2.45) is 28.2 Å². The van der Waals surface area contributed by atoms with Crippen LogP contribution in [0.4, 0.5) is 17.1 Å². The van der Waals surface area contributed by atoms with E-state index in [0.717, 1.165) is 13.0 Å². The zero-order chi connectivity index (χ0) is 34.2. The second kappa shape index (κ2) is 15.1. The Morgan fingerprint density at radius 3 is 1.62 bits per heavy atom. The Balaban J connectivity index is 1.30. The normalized spacial score (nSPS) is 11.0. The van der Waals surface area contributed by atoms with Gasteiger partial charge in [-0.1, -0.05) is 0 Å². The molecule has 0 saturated carbocycles. The van der Waals surface area contributed by atoms with E-state index in [1.54, 1.807) is 83.4 Å². The smallest absolute Gasteiger partial charge is 0.291 e. The van der Waals surface area contributed by atoms with E-state index in [-0.39, 0.29) is 42.0 Å². The molecular weight excluding hydrogens is 606 g/mol. The zero-order valence-corrected chi connectivity index (χ0v) is 27.4. The average Bonchev–Trinajstić information content (AvgIpc) is 3.77. The maximum absolute atomic E-state index is 13.1. The third kappa shape index (κ3) is 8.97. The Hall–Kier alpha value is -5.64. The third-order valence-corrected chi connectivity index (χ3v) is 7.32. The molecule has 4 rings (SSSR count). The highest BCUT2D eigenvalue weighted by Crippen LogP contribution is 2.20. The summed E-state index contributed by atoms with van der Waals surface area (Å²) in [4.78, 5) is 68.8. The molecule has 16 heteroatoms. The number of imidazole rings is 1. The van der Waals surface area contributed by atoms with Crippen molar-refractivity contribution in [1.82, 2.24) is 33.9 Å². The van der Waals surface area contributed by atoms with Gasteiger partial charge >= 0.3 is 0 Å². The van der Waals surface area contributed by atoms with Crippen molar-refractivity contribution in [2.75, 3.05) is 49.7 Å². The molecule has 5 amide bonds. The number of carbonyl (C=O) groups is 5. The van der Waals surface area contributed by atoms with Crippen molar-refractivity contribution < 1.29 is 28.9 Å². The summed E-state index contributed by atoms with van der Waals surface area (Å²) in [6.07, 6.45) is 9.03. The lowest BCUT2D eigenvalue weighted by molar-refractivity contribution is -0.858. The van der Waals surface area contributed by atoms with Gasteiger partial charge in [0.1, 0.15) is 17.1 Å². The summed E-state index contributed by atoms with van der Waals surface area (Å²) in [7, 11) is 10.8. The van der Waals surface area contributed by atoms with Crippen LogP contribution in [0.25, 0.3) is 0 Å². The van der Waals surface area contributed by atoms with Crippen molar-refractivity contribution >= 4 is 46.6 Å². The van der Waals surface area contributed by atoms with Crippen LogP contribution < -0.4 is 31.5 Å². The largest absolute Gasteiger partial charge is 0.356 e. The Labute approximate surface area is 272 Å². The summed E-state index contributed by atoms with van der Waals surface area (Å²) in [5.41, 5.74) is 2.08. The summed E-state index contributed by atoms with van der Waals surface area (Å²) in [5.74, 6) is -1.57. The minimum Gasteiger partial charge on any atom is -0.356 e. The second-order valence-electron chi connectivity index (χ2n) is 11.6. The van der Waals surface area contributed by atoms with Gasteiger partial charge in [-0.15, -0.1) is 0 Å². The van der Waals surface area contributed by atoms with Crippen molar-refractivity contribution in [2.45, 2.75) is 12.8 Å². The lowest BCUT2D eigenvalue weighted by Crippen LogP contribution is -3.05. The molecule has 0 aliphatic heterocycles. The number of amides is 5. The summed E-state index contributed by atoms with van der Waals surface area (Å²) in [6, 6.07) is 4.62. The number of hydrogen-bond donors (Lipinski definition) is 6. The number of anilines is 3. The van der Waals surface area contributed by atoms with Gasteiger partial charge in [0.15, 0.2) is 5.82 Å².